The second-order valence-electron chi connectivity index (χ2n) is 3.22. The van der Waals surface area contributed by atoms with E-state index >= 15 is 0 Å². The molecule has 0 fully saturated rings. The molecule has 0 saturated heterocycles. The molecular formula is C8H8N4O4. The van der Waals surface area contributed by atoms with Crippen LogP contribution in [0, 0.1) is 20.2 Å². The topological polar surface area (TPSA) is 110 Å². The summed E-state index contributed by atoms with van der Waals surface area (Å²) in [4.78, 5) is 20.3. The lowest BCUT2D eigenvalue weighted by Crippen LogP contribution is -2.10. The largest absolute Gasteiger partial charge is 0.378 e. The van der Waals surface area contributed by atoms with Gasteiger partial charge in [0.15, 0.2) is 5.69 Å². The molecule has 2 N–H and O–H groups in total. The Morgan fingerprint density at radius 3 is 2.38 bits per heavy atom. The first-order valence-corrected chi connectivity index (χ1v) is 4.55. The van der Waals surface area contributed by atoms with Crippen LogP contribution in [0.15, 0.2) is 12.1 Å². The van der Waals surface area contributed by atoms with Gasteiger partial charge in [0.2, 0.25) is 0 Å². The van der Waals surface area contributed by atoms with Crippen LogP contribution in [0.4, 0.5) is 22.7 Å². The molecule has 0 aliphatic carbocycles. The van der Waals surface area contributed by atoms with Crippen LogP contribution in [0.25, 0.3) is 0 Å². The van der Waals surface area contributed by atoms with Gasteiger partial charge in [-0.05, 0) is 6.07 Å². The molecule has 0 unspecified atom stereocenters. The highest BCUT2D eigenvalue weighted by molar-refractivity contribution is 5.84. The van der Waals surface area contributed by atoms with Gasteiger partial charge in [-0.2, -0.15) is 0 Å². The van der Waals surface area contributed by atoms with Gasteiger partial charge in [0.25, 0.3) is 5.69 Å². The second kappa shape index (κ2) is 3.65. The van der Waals surface area contributed by atoms with E-state index in [0.29, 0.717) is 18.8 Å². The molecule has 1 aliphatic heterocycles. The average Bonchev–Trinajstić information content (AvgIpc) is 2.36. The number of hydrogen-bond donors (Lipinski definition) is 2. The van der Waals surface area contributed by atoms with Crippen molar-refractivity contribution < 1.29 is 9.85 Å². The molecule has 1 aliphatic rings. The molecule has 84 valence electrons. The van der Waals surface area contributed by atoms with E-state index in [4.69, 9.17) is 0 Å². The fourth-order valence-electron chi connectivity index (χ4n) is 1.62. The first-order chi connectivity index (χ1) is 7.61. The summed E-state index contributed by atoms with van der Waals surface area (Å²) in [5.41, 5.74) is -0.279. The average molecular weight is 224 g/mol. The zero-order valence-electron chi connectivity index (χ0n) is 8.10. The number of nitrogens with zero attached hydrogens (tertiary/aromatic N) is 2. The number of nitrogens with one attached hydrogen (secondary N) is 2. The molecule has 8 heteroatoms. The van der Waals surface area contributed by atoms with E-state index in [1.807, 2.05) is 0 Å². The maximum Gasteiger partial charge on any atom is 0.322 e. The molecule has 8 nitrogen and oxygen atoms in total. The number of nitro groups is 2. The van der Waals surface area contributed by atoms with E-state index in [1.165, 1.54) is 12.1 Å². The number of hydrogen-bond acceptors (Lipinski definition) is 6. The Kier molecular flexibility index (Phi) is 2.31. The van der Waals surface area contributed by atoms with Crippen molar-refractivity contribution in [3.8, 4) is 0 Å². The summed E-state index contributed by atoms with van der Waals surface area (Å²) < 4.78 is 0. The van der Waals surface area contributed by atoms with E-state index < -0.39 is 9.85 Å². The van der Waals surface area contributed by atoms with Crippen molar-refractivity contribution in [1.29, 1.82) is 0 Å². The zero-order chi connectivity index (χ0) is 11.7. The first-order valence-electron chi connectivity index (χ1n) is 4.55. The lowest BCUT2D eigenvalue weighted by atomic mass is 10.2. The van der Waals surface area contributed by atoms with Gasteiger partial charge in [-0.1, -0.05) is 0 Å². The van der Waals surface area contributed by atoms with Crippen LogP contribution < -0.4 is 10.6 Å². The fourth-order valence-corrected chi connectivity index (χ4v) is 1.62. The number of benzene rings is 1. The standard InChI is InChI=1S/C8H8N4O4/c13-11(14)6-2-1-5-8(12(15)16)7(6)10-4-3-9-5/h1-2,9-10H,3-4H2. The number of rotatable bonds is 2. The van der Waals surface area contributed by atoms with Gasteiger partial charge in [-0.3, -0.25) is 20.2 Å². The van der Waals surface area contributed by atoms with E-state index in [0.717, 1.165) is 0 Å². The quantitative estimate of drug-likeness (QED) is 0.579. The molecule has 0 saturated carbocycles. The fraction of sp³-hybridized carbons (Fsp3) is 0.250. The van der Waals surface area contributed by atoms with Gasteiger partial charge in [-0.15, -0.1) is 0 Å². The van der Waals surface area contributed by atoms with Crippen molar-refractivity contribution in [2.45, 2.75) is 0 Å². The molecular weight excluding hydrogens is 216 g/mol. The molecule has 2 bridgehead atoms. The van der Waals surface area contributed by atoms with Crippen LogP contribution in [0.1, 0.15) is 0 Å². The van der Waals surface area contributed by atoms with E-state index in [-0.39, 0.29) is 17.1 Å². The van der Waals surface area contributed by atoms with Crippen molar-refractivity contribution >= 4 is 22.7 Å². The van der Waals surface area contributed by atoms with Gasteiger partial charge in [0, 0.05) is 19.2 Å². The molecule has 0 spiro atoms. The highest BCUT2D eigenvalue weighted by atomic mass is 16.6. The summed E-state index contributed by atoms with van der Waals surface area (Å²) in [5, 5.41) is 27.1. The van der Waals surface area contributed by atoms with Crippen LogP contribution in [0.5, 0.6) is 0 Å². The van der Waals surface area contributed by atoms with Crippen LogP contribution in [-0.2, 0) is 0 Å². The Labute approximate surface area is 89.6 Å². The Bertz CT molecular complexity index is 473. The normalized spacial score (nSPS) is 13.2. The van der Waals surface area contributed by atoms with Gasteiger partial charge in [0.05, 0.1) is 9.85 Å². The van der Waals surface area contributed by atoms with Crippen LogP contribution in [0.2, 0.25) is 0 Å². The summed E-state index contributed by atoms with van der Waals surface area (Å²) in [6.45, 7) is 0.876. The highest BCUT2D eigenvalue weighted by Crippen LogP contribution is 2.40. The molecule has 16 heavy (non-hydrogen) atoms. The zero-order valence-corrected chi connectivity index (χ0v) is 8.10. The van der Waals surface area contributed by atoms with Gasteiger partial charge >= 0.3 is 5.69 Å². The maximum atomic E-state index is 10.9. The Morgan fingerprint density at radius 2 is 1.75 bits per heavy atom. The molecule has 0 aromatic heterocycles. The van der Waals surface area contributed by atoms with E-state index in [1.54, 1.807) is 0 Å². The molecule has 2 rings (SSSR count). The van der Waals surface area contributed by atoms with Crippen molar-refractivity contribution in [1.82, 2.24) is 0 Å². The lowest BCUT2D eigenvalue weighted by Gasteiger charge is -2.04. The molecule has 1 aromatic rings. The Morgan fingerprint density at radius 1 is 1.06 bits per heavy atom. The molecule has 0 radical (unpaired) electrons. The van der Waals surface area contributed by atoms with Crippen molar-refractivity contribution in [3.05, 3.63) is 32.4 Å². The maximum absolute atomic E-state index is 10.9. The number of anilines is 2. The summed E-state index contributed by atoms with van der Waals surface area (Å²) in [5.74, 6) is 0. The molecule has 1 heterocycles. The predicted molar refractivity (Wildman–Crippen MR) is 56.7 cm³/mol. The van der Waals surface area contributed by atoms with Gasteiger partial charge < -0.3 is 10.6 Å². The van der Waals surface area contributed by atoms with Crippen LogP contribution in [0.3, 0.4) is 0 Å². The number of fused-ring (bicyclic) bond motifs is 2. The molecule has 1 aromatic carbocycles. The third-order valence-corrected chi connectivity index (χ3v) is 2.28. The Balaban J connectivity index is 2.69. The monoisotopic (exact) mass is 224 g/mol. The third-order valence-electron chi connectivity index (χ3n) is 2.28. The van der Waals surface area contributed by atoms with Crippen molar-refractivity contribution in [2.24, 2.45) is 0 Å². The minimum Gasteiger partial charge on any atom is -0.378 e. The highest BCUT2D eigenvalue weighted by Gasteiger charge is 2.30. The van der Waals surface area contributed by atoms with Gasteiger partial charge in [-0.25, -0.2) is 0 Å². The van der Waals surface area contributed by atoms with Gasteiger partial charge in [0.1, 0.15) is 5.69 Å². The van der Waals surface area contributed by atoms with Crippen molar-refractivity contribution in [2.75, 3.05) is 23.7 Å². The number of nitro benzene ring substituents is 2. The SMILES string of the molecule is O=[N+]([O-])c1ccc2c([N+](=O)[O-])c1NCCN2. The minimum absolute atomic E-state index is 0.0301. The smallest absolute Gasteiger partial charge is 0.322 e. The van der Waals surface area contributed by atoms with E-state index in [9.17, 15) is 20.2 Å². The summed E-state index contributed by atoms with van der Waals surface area (Å²) >= 11 is 0. The molecule has 0 amide bonds. The third kappa shape index (κ3) is 1.49. The van der Waals surface area contributed by atoms with E-state index in [2.05, 4.69) is 10.6 Å². The summed E-state index contributed by atoms with van der Waals surface area (Å²) in [7, 11) is 0. The minimum atomic E-state index is -0.634. The molecule has 0 atom stereocenters. The van der Waals surface area contributed by atoms with Crippen LogP contribution >= 0.6 is 0 Å². The summed E-state index contributed by atoms with van der Waals surface area (Å²) in [6, 6.07) is 2.61. The Hall–Kier alpha value is -2.38. The lowest BCUT2D eigenvalue weighted by molar-refractivity contribution is -0.391. The van der Waals surface area contributed by atoms with Crippen LogP contribution in [-0.4, -0.2) is 22.9 Å². The summed E-state index contributed by atoms with van der Waals surface area (Å²) in [6.07, 6.45) is 0. The van der Waals surface area contributed by atoms with Crippen molar-refractivity contribution in [3.63, 3.8) is 0 Å². The predicted octanol–water partition coefficient (Wildman–Crippen LogP) is 1.34. The second-order valence-corrected chi connectivity index (χ2v) is 3.22. The first kappa shape index (κ1) is 10.1.